The smallest absolute Gasteiger partial charge is 0.335 e. The molecule has 1 fully saturated rings. The molecule has 2 aromatic rings. The largest absolute Gasteiger partial charge is 0.454 e. The Morgan fingerprint density at radius 3 is 2.52 bits per heavy atom. The summed E-state index contributed by atoms with van der Waals surface area (Å²) in [6.45, 7) is 2.12. The summed E-state index contributed by atoms with van der Waals surface area (Å²) >= 11 is 0. The summed E-state index contributed by atoms with van der Waals surface area (Å²) in [5.74, 6) is -0.444. The van der Waals surface area contributed by atoms with Crippen LogP contribution in [0, 0.1) is 0 Å². The maximum absolute atomic E-state index is 12.9. The van der Waals surface area contributed by atoms with Gasteiger partial charge in [0.05, 0.1) is 5.69 Å². The number of aryl methyl sites for hydroxylation is 1. The van der Waals surface area contributed by atoms with E-state index in [4.69, 9.17) is 9.47 Å². The second kappa shape index (κ2) is 6.60. The molecular formula is C20H16N2O5. The lowest BCUT2D eigenvalue weighted by atomic mass is 10.0. The summed E-state index contributed by atoms with van der Waals surface area (Å²) in [5, 5.41) is 2.21. The number of ether oxygens (including phenoxy) is 2. The minimum absolute atomic E-state index is 0.0797. The molecule has 1 N–H and O–H groups in total. The molecule has 2 aromatic carbocycles. The molecule has 1 saturated heterocycles. The number of rotatable bonds is 3. The predicted molar refractivity (Wildman–Crippen MR) is 97.4 cm³/mol. The summed E-state index contributed by atoms with van der Waals surface area (Å²) in [6, 6.07) is 11.4. The molecule has 4 rings (SSSR count). The fourth-order valence-corrected chi connectivity index (χ4v) is 2.93. The highest BCUT2D eigenvalue weighted by molar-refractivity contribution is 6.39. The molecule has 7 nitrogen and oxygen atoms in total. The number of nitrogens with one attached hydrogen (secondary N) is 1. The van der Waals surface area contributed by atoms with E-state index in [0.717, 1.165) is 16.9 Å². The van der Waals surface area contributed by atoms with Gasteiger partial charge < -0.3 is 9.47 Å². The molecule has 4 amide bonds. The van der Waals surface area contributed by atoms with E-state index in [-0.39, 0.29) is 12.4 Å². The predicted octanol–water partition coefficient (Wildman–Crippen LogP) is 2.64. The fourth-order valence-electron chi connectivity index (χ4n) is 2.93. The van der Waals surface area contributed by atoms with Gasteiger partial charge in [0.15, 0.2) is 11.5 Å². The topological polar surface area (TPSA) is 84.9 Å². The molecule has 2 aliphatic rings. The van der Waals surface area contributed by atoms with Crippen LogP contribution in [0.3, 0.4) is 0 Å². The second-order valence-corrected chi connectivity index (χ2v) is 6.09. The highest BCUT2D eigenvalue weighted by atomic mass is 16.7. The lowest BCUT2D eigenvalue weighted by Gasteiger charge is -2.26. The minimum atomic E-state index is -0.803. The number of hydrogen-bond acceptors (Lipinski definition) is 5. The lowest BCUT2D eigenvalue weighted by molar-refractivity contribution is -0.122. The van der Waals surface area contributed by atoms with Crippen LogP contribution in [0.4, 0.5) is 10.5 Å². The molecular weight excluding hydrogens is 348 g/mol. The summed E-state index contributed by atoms with van der Waals surface area (Å²) in [6.07, 6.45) is 2.37. The Bertz CT molecular complexity index is 978. The van der Waals surface area contributed by atoms with Crippen LogP contribution in [0.15, 0.2) is 48.0 Å². The van der Waals surface area contributed by atoms with Gasteiger partial charge in [0, 0.05) is 6.07 Å². The Morgan fingerprint density at radius 1 is 1.04 bits per heavy atom. The molecule has 27 heavy (non-hydrogen) atoms. The van der Waals surface area contributed by atoms with Gasteiger partial charge in [-0.3, -0.25) is 14.9 Å². The molecule has 0 unspecified atom stereocenters. The third kappa shape index (κ3) is 3.03. The van der Waals surface area contributed by atoms with E-state index in [0.29, 0.717) is 22.7 Å². The zero-order valence-corrected chi connectivity index (χ0v) is 14.5. The van der Waals surface area contributed by atoms with Crippen molar-refractivity contribution in [2.45, 2.75) is 13.3 Å². The van der Waals surface area contributed by atoms with E-state index in [1.807, 2.05) is 31.2 Å². The van der Waals surface area contributed by atoms with Gasteiger partial charge in [0.25, 0.3) is 11.8 Å². The quantitative estimate of drug-likeness (QED) is 0.669. The Morgan fingerprint density at radius 2 is 1.78 bits per heavy atom. The molecule has 2 heterocycles. The molecule has 0 radical (unpaired) electrons. The second-order valence-electron chi connectivity index (χ2n) is 6.09. The standard InChI is InChI=1S/C20H16N2O5/c1-2-12-3-5-13(6-4-12)9-15-18(23)21-20(25)22(19(15)24)14-7-8-16-17(10-14)27-11-26-16/h3-10H,2,11H2,1H3,(H,21,23,25)/b15-9+. The monoisotopic (exact) mass is 364 g/mol. The molecule has 0 bridgehead atoms. The maximum Gasteiger partial charge on any atom is 0.335 e. The minimum Gasteiger partial charge on any atom is -0.454 e. The first-order chi connectivity index (χ1) is 13.1. The normalized spacial score (nSPS) is 17.4. The van der Waals surface area contributed by atoms with Gasteiger partial charge in [0.2, 0.25) is 6.79 Å². The average molecular weight is 364 g/mol. The van der Waals surface area contributed by atoms with Gasteiger partial charge in [-0.1, -0.05) is 31.2 Å². The number of barbiturate groups is 1. The number of urea groups is 1. The molecule has 0 spiro atoms. The van der Waals surface area contributed by atoms with E-state index in [1.54, 1.807) is 12.1 Å². The number of carbonyl (C=O) groups is 3. The van der Waals surface area contributed by atoms with Gasteiger partial charge in [0.1, 0.15) is 5.57 Å². The Kier molecular flexibility index (Phi) is 4.12. The van der Waals surface area contributed by atoms with E-state index >= 15 is 0 Å². The summed E-state index contributed by atoms with van der Waals surface area (Å²) in [7, 11) is 0. The number of hydrogen-bond donors (Lipinski definition) is 1. The number of anilines is 1. The van der Waals surface area contributed by atoms with Crippen molar-refractivity contribution in [3.8, 4) is 11.5 Å². The van der Waals surface area contributed by atoms with Crippen LogP contribution in [0.5, 0.6) is 11.5 Å². The first kappa shape index (κ1) is 16.8. The van der Waals surface area contributed by atoms with E-state index in [9.17, 15) is 14.4 Å². The van der Waals surface area contributed by atoms with E-state index in [1.165, 1.54) is 12.1 Å². The van der Waals surface area contributed by atoms with E-state index in [2.05, 4.69) is 5.32 Å². The number of fused-ring (bicyclic) bond motifs is 1. The number of nitrogens with zero attached hydrogens (tertiary/aromatic N) is 1. The van der Waals surface area contributed by atoms with Crippen molar-refractivity contribution in [3.63, 3.8) is 0 Å². The fraction of sp³-hybridized carbons (Fsp3) is 0.150. The molecule has 0 aliphatic carbocycles. The van der Waals surface area contributed by atoms with Crippen LogP contribution < -0.4 is 19.7 Å². The third-order valence-electron chi connectivity index (χ3n) is 4.42. The van der Waals surface area contributed by atoms with Crippen molar-refractivity contribution in [2.24, 2.45) is 0 Å². The molecule has 7 heteroatoms. The van der Waals surface area contributed by atoms with Crippen LogP contribution in [0.1, 0.15) is 18.1 Å². The van der Waals surface area contributed by atoms with Crippen molar-refractivity contribution in [3.05, 3.63) is 59.2 Å². The van der Waals surface area contributed by atoms with Gasteiger partial charge in [-0.05, 0) is 35.8 Å². The van der Waals surface area contributed by atoms with Crippen LogP contribution >= 0.6 is 0 Å². The summed E-state index contributed by atoms with van der Waals surface area (Å²) < 4.78 is 10.5. The number of carbonyl (C=O) groups excluding carboxylic acids is 3. The first-order valence-electron chi connectivity index (χ1n) is 8.47. The SMILES string of the molecule is CCc1ccc(/C=C2\C(=O)NC(=O)N(c3ccc4c(c3)OCO4)C2=O)cc1. The van der Waals surface area contributed by atoms with Crippen LogP contribution in [0.25, 0.3) is 6.08 Å². The molecule has 136 valence electrons. The first-order valence-corrected chi connectivity index (χ1v) is 8.47. The zero-order chi connectivity index (χ0) is 19.0. The summed E-state index contributed by atoms with van der Waals surface area (Å²) in [5.41, 5.74) is 2.03. The van der Waals surface area contributed by atoms with Crippen molar-refractivity contribution in [1.29, 1.82) is 0 Å². The van der Waals surface area contributed by atoms with Gasteiger partial charge >= 0.3 is 6.03 Å². The Hall–Kier alpha value is -3.61. The van der Waals surface area contributed by atoms with Gasteiger partial charge in [-0.15, -0.1) is 0 Å². The van der Waals surface area contributed by atoms with Crippen LogP contribution in [-0.2, 0) is 16.0 Å². The number of imide groups is 2. The molecule has 0 atom stereocenters. The third-order valence-corrected chi connectivity index (χ3v) is 4.42. The van der Waals surface area contributed by atoms with Crippen LogP contribution in [0.2, 0.25) is 0 Å². The molecule has 2 aliphatic heterocycles. The van der Waals surface area contributed by atoms with Gasteiger partial charge in [-0.2, -0.15) is 0 Å². The van der Waals surface area contributed by atoms with E-state index < -0.39 is 17.8 Å². The zero-order valence-electron chi connectivity index (χ0n) is 14.5. The summed E-state index contributed by atoms with van der Waals surface area (Å²) in [4.78, 5) is 38.3. The molecule has 0 saturated carbocycles. The highest BCUT2D eigenvalue weighted by Crippen LogP contribution is 2.36. The Labute approximate surface area is 155 Å². The van der Waals surface area contributed by atoms with Crippen molar-refractivity contribution in [1.82, 2.24) is 5.32 Å². The van der Waals surface area contributed by atoms with Gasteiger partial charge in [-0.25, -0.2) is 9.69 Å². The highest BCUT2D eigenvalue weighted by Gasteiger charge is 2.37. The molecule has 0 aromatic heterocycles. The van der Waals surface area contributed by atoms with Crippen molar-refractivity contribution >= 4 is 29.6 Å². The average Bonchev–Trinajstić information content (AvgIpc) is 3.13. The van der Waals surface area contributed by atoms with Crippen molar-refractivity contribution < 1.29 is 23.9 Å². The maximum atomic E-state index is 12.9. The van der Waals surface area contributed by atoms with Crippen LogP contribution in [-0.4, -0.2) is 24.6 Å². The number of amides is 4. The lowest BCUT2D eigenvalue weighted by Crippen LogP contribution is -2.54. The van der Waals surface area contributed by atoms with Crippen molar-refractivity contribution in [2.75, 3.05) is 11.7 Å². The number of benzene rings is 2. The Balaban J connectivity index is 1.69.